The van der Waals surface area contributed by atoms with Gasteiger partial charge in [0.25, 0.3) is 0 Å². The van der Waals surface area contributed by atoms with Gasteiger partial charge in [0, 0.05) is 0 Å². The number of benzene rings is 3. The summed E-state index contributed by atoms with van der Waals surface area (Å²) in [5.41, 5.74) is 5.76. The minimum absolute atomic E-state index is 0.566. The van der Waals surface area contributed by atoms with Gasteiger partial charge in [-0.05, 0) is 81.6 Å². The summed E-state index contributed by atoms with van der Waals surface area (Å²) in [6, 6.07) is 14.0. The van der Waals surface area contributed by atoms with Crippen LogP contribution < -0.4 is 0 Å². The summed E-state index contributed by atoms with van der Waals surface area (Å²) in [4.78, 5) is 0. The second kappa shape index (κ2) is 5.43. The van der Waals surface area contributed by atoms with Crippen LogP contribution >= 0.6 is 0 Å². The number of fused-ring (bicyclic) bond motifs is 2. The summed E-state index contributed by atoms with van der Waals surface area (Å²) in [5, 5.41) is 5.47. The van der Waals surface area contributed by atoms with Crippen molar-refractivity contribution < 1.29 is 0 Å². The summed E-state index contributed by atoms with van der Waals surface area (Å²) in [6.07, 6.45) is 0. The van der Waals surface area contributed by atoms with E-state index in [2.05, 4.69) is 77.9 Å². The molecule has 0 bridgehead atoms. The van der Waals surface area contributed by atoms with Crippen LogP contribution in [0.2, 0.25) is 0 Å². The summed E-state index contributed by atoms with van der Waals surface area (Å²) >= 11 is 0. The molecular weight excluding hydrogens is 264 g/mol. The van der Waals surface area contributed by atoms with Gasteiger partial charge >= 0.3 is 0 Å². The minimum Gasteiger partial charge on any atom is -0.0587 e. The Labute approximate surface area is 134 Å². The van der Waals surface area contributed by atoms with E-state index < -0.39 is 0 Å². The summed E-state index contributed by atoms with van der Waals surface area (Å²) in [5.74, 6) is 1.13. The van der Waals surface area contributed by atoms with Crippen LogP contribution in [0.1, 0.15) is 61.8 Å². The molecule has 0 spiro atoms. The van der Waals surface area contributed by atoms with Crippen molar-refractivity contribution in [1.29, 1.82) is 0 Å². The van der Waals surface area contributed by atoms with E-state index in [1.54, 1.807) is 0 Å². The number of rotatable bonds is 2. The fraction of sp³-hybridized carbons (Fsp3) is 0.364. The monoisotopic (exact) mass is 290 g/mol. The van der Waals surface area contributed by atoms with Crippen molar-refractivity contribution >= 4 is 21.5 Å². The van der Waals surface area contributed by atoms with Crippen LogP contribution in [0.3, 0.4) is 0 Å². The molecule has 3 aromatic carbocycles. The van der Waals surface area contributed by atoms with E-state index in [0.29, 0.717) is 11.8 Å². The molecule has 0 aliphatic heterocycles. The van der Waals surface area contributed by atoms with Gasteiger partial charge in [0.2, 0.25) is 0 Å². The molecule has 0 aliphatic rings. The van der Waals surface area contributed by atoms with Crippen molar-refractivity contribution in [2.75, 3.05) is 0 Å². The average Bonchev–Trinajstić information content (AvgIpc) is 2.48. The molecule has 0 aliphatic carbocycles. The normalized spacial score (nSPS) is 12.0. The molecule has 0 heterocycles. The molecule has 3 aromatic rings. The highest BCUT2D eigenvalue weighted by atomic mass is 14.2. The van der Waals surface area contributed by atoms with Crippen molar-refractivity contribution in [1.82, 2.24) is 0 Å². The molecule has 114 valence electrons. The lowest BCUT2D eigenvalue weighted by atomic mass is 9.87. The Morgan fingerprint density at radius 1 is 0.636 bits per heavy atom. The van der Waals surface area contributed by atoms with Crippen molar-refractivity contribution in [2.45, 2.75) is 53.4 Å². The zero-order valence-electron chi connectivity index (χ0n) is 14.6. The highest BCUT2D eigenvalue weighted by Crippen LogP contribution is 2.33. The molecule has 0 saturated heterocycles. The smallest absolute Gasteiger partial charge is 0.0146 e. The van der Waals surface area contributed by atoms with Crippen molar-refractivity contribution in [3.63, 3.8) is 0 Å². The fourth-order valence-corrected chi connectivity index (χ4v) is 3.42. The Hall–Kier alpha value is -1.82. The standard InChI is InChI=1S/C22H26/c1-13(2)20-10-18-9-17-8-7-15(5)16(6)22(17)12-19(18)11-21(20)14(3)4/h7-14H,1-6H3. The molecule has 0 atom stereocenters. The average molecular weight is 290 g/mol. The first-order chi connectivity index (χ1) is 10.4. The lowest BCUT2D eigenvalue weighted by molar-refractivity contribution is 0.793. The number of hydrogen-bond donors (Lipinski definition) is 0. The van der Waals surface area contributed by atoms with Gasteiger partial charge in [-0.3, -0.25) is 0 Å². The van der Waals surface area contributed by atoms with Crippen molar-refractivity contribution in [2.24, 2.45) is 0 Å². The fourth-order valence-electron chi connectivity index (χ4n) is 3.42. The second-order valence-corrected chi connectivity index (χ2v) is 7.22. The van der Waals surface area contributed by atoms with Gasteiger partial charge < -0.3 is 0 Å². The lowest BCUT2D eigenvalue weighted by Crippen LogP contribution is -1.99. The van der Waals surface area contributed by atoms with Crippen LogP contribution in [-0.4, -0.2) is 0 Å². The second-order valence-electron chi connectivity index (χ2n) is 7.22. The van der Waals surface area contributed by atoms with E-state index in [4.69, 9.17) is 0 Å². The summed E-state index contributed by atoms with van der Waals surface area (Å²) < 4.78 is 0. The SMILES string of the molecule is Cc1ccc2cc3cc(C(C)C)c(C(C)C)cc3cc2c1C. The van der Waals surface area contributed by atoms with Crippen LogP contribution in [0, 0.1) is 13.8 Å². The van der Waals surface area contributed by atoms with Crippen LogP contribution in [0.4, 0.5) is 0 Å². The Morgan fingerprint density at radius 3 is 1.73 bits per heavy atom. The van der Waals surface area contributed by atoms with Gasteiger partial charge in [0.15, 0.2) is 0 Å². The predicted octanol–water partition coefficient (Wildman–Crippen LogP) is 6.86. The molecule has 22 heavy (non-hydrogen) atoms. The van der Waals surface area contributed by atoms with Gasteiger partial charge in [0.05, 0.1) is 0 Å². The zero-order chi connectivity index (χ0) is 16.0. The maximum atomic E-state index is 2.41. The molecule has 0 radical (unpaired) electrons. The third-order valence-corrected chi connectivity index (χ3v) is 4.96. The van der Waals surface area contributed by atoms with E-state index in [-0.39, 0.29) is 0 Å². The van der Waals surface area contributed by atoms with Gasteiger partial charge in [-0.25, -0.2) is 0 Å². The zero-order valence-corrected chi connectivity index (χ0v) is 14.6. The van der Waals surface area contributed by atoms with Crippen LogP contribution in [0.5, 0.6) is 0 Å². The minimum atomic E-state index is 0.566. The number of hydrogen-bond acceptors (Lipinski definition) is 0. The first-order valence-corrected chi connectivity index (χ1v) is 8.36. The number of aryl methyl sites for hydroxylation is 2. The van der Waals surface area contributed by atoms with Crippen molar-refractivity contribution in [3.05, 3.63) is 58.7 Å². The third-order valence-electron chi connectivity index (χ3n) is 4.96. The Bertz CT molecular complexity index is 851. The van der Waals surface area contributed by atoms with Gasteiger partial charge in [-0.15, -0.1) is 0 Å². The van der Waals surface area contributed by atoms with E-state index in [1.807, 2.05) is 0 Å². The Kier molecular flexibility index (Phi) is 3.72. The van der Waals surface area contributed by atoms with Gasteiger partial charge in [-0.1, -0.05) is 52.0 Å². The van der Waals surface area contributed by atoms with Crippen LogP contribution in [0.25, 0.3) is 21.5 Å². The lowest BCUT2D eigenvalue weighted by Gasteiger charge is -2.18. The van der Waals surface area contributed by atoms with E-state index in [9.17, 15) is 0 Å². The molecular formula is C22H26. The van der Waals surface area contributed by atoms with Crippen LogP contribution in [-0.2, 0) is 0 Å². The first-order valence-electron chi connectivity index (χ1n) is 8.36. The highest BCUT2D eigenvalue weighted by Gasteiger charge is 2.12. The first kappa shape index (κ1) is 15.1. The van der Waals surface area contributed by atoms with Crippen LogP contribution in [0.15, 0.2) is 36.4 Å². The summed E-state index contributed by atoms with van der Waals surface area (Å²) in [7, 11) is 0. The molecule has 0 unspecified atom stereocenters. The van der Waals surface area contributed by atoms with Gasteiger partial charge in [0.1, 0.15) is 0 Å². The maximum Gasteiger partial charge on any atom is -0.0146 e. The molecule has 0 N–H and O–H groups in total. The maximum absolute atomic E-state index is 2.41. The quantitative estimate of drug-likeness (QED) is 0.452. The Morgan fingerprint density at radius 2 is 1.18 bits per heavy atom. The summed E-state index contributed by atoms with van der Waals surface area (Å²) in [6.45, 7) is 13.6. The highest BCUT2D eigenvalue weighted by molar-refractivity contribution is 6.00. The molecule has 3 rings (SSSR count). The third kappa shape index (κ3) is 2.41. The molecule has 0 amide bonds. The van der Waals surface area contributed by atoms with E-state index in [0.717, 1.165) is 0 Å². The molecule has 0 aromatic heterocycles. The topological polar surface area (TPSA) is 0 Å². The van der Waals surface area contributed by atoms with Crippen molar-refractivity contribution in [3.8, 4) is 0 Å². The molecule has 0 saturated carbocycles. The molecule has 0 heteroatoms. The van der Waals surface area contributed by atoms with E-state index >= 15 is 0 Å². The Balaban J connectivity index is 2.38. The largest absolute Gasteiger partial charge is 0.0587 e. The van der Waals surface area contributed by atoms with E-state index in [1.165, 1.54) is 43.8 Å². The predicted molar refractivity (Wildman–Crippen MR) is 99.1 cm³/mol. The van der Waals surface area contributed by atoms with Gasteiger partial charge in [-0.2, -0.15) is 0 Å². The molecule has 0 nitrogen and oxygen atoms in total. The molecule has 0 fully saturated rings.